The van der Waals surface area contributed by atoms with Crippen LogP contribution >= 0.6 is 0 Å². The minimum atomic E-state index is -1.55. The monoisotopic (exact) mass is 203 g/mol. The highest BCUT2D eigenvalue weighted by Gasteiger charge is 2.48. The number of oxime groups is 1. The van der Waals surface area contributed by atoms with Crippen LogP contribution in [0.4, 0.5) is 0 Å². The third-order valence-corrected chi connectivity index (χ3v) is 2.47. The molecule has 0 saturated heterocycles. The second-order valence-electron chi connectivity index (χ2n) is 3.57. The molecule has 0 amide bonds. The van der Waals surface area contributed by atoms with E-state index in [1.165, 1.54) is 0 Å². The van der Waals surface area contributed by atoms with Crippen molar-refractivity contribution in [2.45, 2.75) is 12.7 Å². The second-order valence-corrected chi connectivity index (χ2v) is 3.57. The predicted octanol–water partition coefficient (Wildman–Crippen LogP) is 1.51. The van der Waals surface area contributed by atoms with Gasteiger partial charge in [0, 0.05) is 6.08 Å². The van der Waals surface area contributed by atoms with E-state index in [0.29, 0.717) is 22.8 Å². The average Bonchev–Trinajstić information content (AvgIpc) is 2.52. The summed E-state index contributed by atoms with van der Waals surface area (Å²) < 4.78 is 5.49. The molecule has 0 aromatic heterocycles. The van der Waals surface area contributed by atoms with Crippen LogP contribution in [-0.2, 0) is 10.6 Å². The van der Waals surface area contributed by atoms with Gasteiger partial charge in [-0.1, -0.05) is 17.3 Å². The third kappa shape index (κ3) is 1.02. The molecule has 0 aliphatic carbocycles. The number of allylic oxidation sites excluding steroid dienone is 1. The summed E-state index contributed by atoms with van der Waals surface area (Å²) >= 11 is 0. The Labute approximate surface area is 86.4 Å². The summed E-state index contributed by atoms with van der Waals surface area (Å²) in [6.45, 7) is 1.78. The molecule has 2 aliphatic rings. The van der Waals surface area contributed by atoms with E-state index < -0.39 is 5.79 Å². The van der Waals surface area contributed by atoms with E-state index in [1.807, 2.05) is 12.1 Å². The molecule has 1 atom stereocenters. The van der Waals surface area contributed by atoms with Crippen molar-refractivity contribution in [3.05, 3.63) is 41.7 Å². The van der Waals surface area contributed by atoms with E-state index in [-0.39, 0.29) is 0 Å². The first kappa shape index (κ1) is 8.49. The number of nitrogens with zero attached hydrogens (tertiary/aromatic N) is 1. The fourth-order valence-electron chi connectivity index (χ4n) is 1.73. The first-order chi connectivity index (χ1) is 7.20. The van der Waals surface area contributed by atoms with Crippen LogP contribution in [0.1, 0.15) is 12.5 Å². The zero-order valence-electron chi connectivity index (χ0n) is 8.10. The van der Waals surface area contributed by atoms with E-state index in [9.17, 15) is 5.11 Å². The maximum atomic E-state index is 10.3. The summed E-state index contributed by atoms with van der Waals surface area (Å²) in [5.74, 6) is -0.567. The van der Waals surface area contributed by atoms with Gasteiger partial charge in [-0.2, -0.15) is 0 Å². The lowest BCUT2D eigenvalue weighted by Gasteiger charge is -2.23. The lowest BCUT2D eigenvalue weighted by molar-refractivity contribution is -0.192. The molecule has 1 N–H and O–H groups in total. The maximum Gasteiger partial charge on any atom is 0.323 e. The summed E-state index contributed by atoms with van der Waals surface area (Å²) in [6.07, 6.45) is 1.67. The molecular weight excluding hydrogens is 194 g/mol. The Kier molecular flexibility index (Phi) is 1.48. The van der Waals surface area contributed by atoms with E-state index in [2.05, 4.69) is 5.16 Å². The van der Waals surface area contributed by atoms with Crippen LogP contribution in [0.3, 0.4) is 0 Å². The second kappa shape index (κ2) is 2.61. The smallest absolute Gasteiger partial charge is 0.323 e. The van der Waals surface area contributed by atoms with Gasteiger partial charge in [0.2, 0.25) is 0 Å². The van der Waals surface area contributed by atoms with Crippen LogP contribution in [0.5, 0.6) is 5.75 Å². The standard InChI is InChI=1S/C11H9NO3/c1-7-6-10-11(13,15-12-7)8-4-2-3-5-9(8)14-10/h2-6,13H,1H3. The largest absolute Gasteiger partial charge is 0.454 e. The minimum Gasteiger partial charge on any atom is -0.454 e. The van der Waals surface area contributed by atoms with E-state index >= 15 is 0 Å². The molecule has 4 heteroatoms. The van der Waals surface area contributed by atoms with E-state index in [1.54, 1.807) is 25.1 Å². The van der Waals surface area contributed by atoms with Crippen molar-refractivity contribution in [2.24, 2.45) is 5.16 Å². The Hall–Kier alpha value is -1.81. The summed E-state index contributed by atoms with van der Waals surface area (Å²) in [6, 6.07) is 7.20. The zero-order chi connectivity index (χ0) is 10.5. The van der Waals surface area contributed by atoms with Crippen molar-refractivity contribution in [1.82, 2.24) is 0 Å². The van der Waals surface area contributed by atoms with Gasteiger partial charge in [0.05, 0.1) is 11.3 Å². The molecule has 0 bridgehead atoms. The van der Waals surface area contributed by atoms with Gasteiger partial charge in [-0.15, -0.1) is 0 Å². The lowest BCUT2D eigenvalue weighted by atomic mass is 10.0. The van der Waals surface area contributed by atoms with Gasteiger partial charge in [0.25, 0.3) is 0 Å². The van der Waals surface area contributed by atoms with Crippen LogP contribution < -0.4 is 4.74 Å². The Morgan fingerprint density at radius 3 is 3.00 bits per heavy atom. The first-order valence-electron chi connectivity index (χ1n) is 4.65. The molecule has 0 spiro atoms. The van der Waals surface area contributed by atoms with Gasteiger partial charge in [-0.05, 0) is 19.1 Å². The molecule has 1 unspecified atom stereocenters. The Bertz CT molecular complexity index is 492. The Morgan fingerprint density at radius 1 is 1.33 bits per heavy atom. The van der Waals surface area contributed by atoms with E-state index in [0.717, 1.165) is 0 Å². The van der Waals surface area contributed by atoms with Gasteiger partial charge in [0.1, 0.15) is 5.75 Å². The molecule has 0 saturated carbocycles. The van der Waals surface area contributed by atoms with Gasteiger partial charge in [0.15, 0.2) is 5.76 Å². The average molecular weight is 203 g/mol. The number of benzene rings is 1. The highest BCUT2D eigenvalue weighted by molar-refractivity contribution is 5.93. The SMILES string of the molecule is CC1=NOC2(O)C(=C1)Oc1ccccc12. The number of rotatable bonds is 0. The van der Waals surface area contributed by atoms with E-state index in [4.69, 9.17) is 9.57 Å². The van der Waals surface area contributed by atoms with Gasteiger partial charge < -0.3 is 14.7 Å². The molecule has 1 aromatic carbocycles. The summed E-state index contributed by atoms with van der Waals surface area (Å²) in [5.41, 5.74) is 1.26. The number of ether oxygens (including phenoxy) is 1. The highest BCUT2D eigenvalue weighted by Crippen LogP contribution is 2.45. The molecule has 3 rings (SSSR count). The molecule has 4 nitrogen and oxygen atoms in total. The Morgan fingerprint density at radius 2 is 2.13 bits per heavy atom. The molecule has 2 heterocycles. The summed E-state index contributed by atoms with van der Waals surface area (Å²) in [7, 11) is 0. The molecule has 0 radical (unpaired) electrons. The molecule has 1 aromatic rings. The molecule has 2 aliphatic heterocycles. The van der Waals surface area contributed by atoms with Crippen LogP contribution in [0.25, 0.3) is 0 Å². The molecular formula is C11H9NO3. The predicted molar refractivity (Wildman–Crippen MR) is 53.2 cm³/mol. The normalized spacial score (nSPS) is 26.8. The van der Waals surface area contributed by atoms with Crippen molar-refractivity contribution in [3.63, 3.8) is 0 Å². The lowest BCUT2D eigenvalue weighted by Crippen LogP contribution is -2.30. The topological polar surface area (TPSA) is 51.0 Å². The summed E-state index contributed by atoms with van der Waals surface area (Å²) in [5, 5.41) is 14.0. The van der Waals surface area contributed by atoms with Crippen molar-refractivity contribution in [2.75, 3.05) is 0 Å². The van der Waals surface area contributed by atoms with Gasteiger partial charge >= 0.3 is 5.79 Å². The van der Waals surface area contributed by atoms with Gasteiger partial charge in [-0.3, -0.25) is 0 Å². The minimum absolute atomic E-state index is 0.371. The van der Waals surface area contributed by atoms with Crippen molar-refractivity contribution in [1.29, 1.82) is 0 Å². The van der Waals surface area contributed by atoms with Crippen molar-refractivity contribution in [3.8, 4) is 5.75 Å². The fraction of sp³-hybridized carbons (Fsp3) is 0.182. The van der Waals surface area contributed by atoms with Crippen LogP contribution in [-0.4, -0.2) is 10.8 Å². The number of hydrogen-bond donors (Lipinski definition) is 1. The number of para-hydroxylation sites is 1. The maximum absolute atomic E-state index is 10.3. The third-order valence-electron chi connectivity index (χ3n) is 2.47. The summed E-state index contributed by atoms with van der Waals surface area (Å²) in [4.78, 5) is 5.08. The Balaban J connectivity index is 2.19. The number of aliphatic hydroxyl groups is 1. The zero-order valence-corrected chi connectivity index (χ0v) is 8.10. The fourth-order valence-corrected chi connectivity index (χ4v) is 1.73. The van der Waals surface area contributed by atoms with Crippen molar-refractivity contribution < 1.29 is 14.7 Å². The van der Waals surface area contributed by atoms with Gasteiger partial charge in [-0.25, -0.2) is 0 Å². The van der Waals surface area contributed by atoms with Crippen LogP contribution in [0.2, 0.25) is 0 Å². The van der Waals surface area contributed by atoms with Crippen LogP contribution in [0, 0.1) is 0 Å². The highest BCUT2D eigenvalue weighted by atomic mass is 16.8. The number of hydrogen-bond acceptors (Lipinski definition) is 4. The molecule has 15 heavy (non-hydrogen) atoms. The van der Waals surface area contributed by atoms with Crippen molar-refractivity contribution >= 4 is 5.71 Å². The molecule has 76 valence electrons. The molecule has 0 fully saturated rings. The van der Waals surface area contributed by atoms with Crippen LogP contribution in [0.15, 0.2) is 41.3 Å². The number of fused-ring (bicyclic) bond motifs is 3. The first-order valence-corrected chi connectivity index (χ1v) is 4.65. The quantitative estimate of drug-likeness (QED) is 0.695.